The first-order valence-electron chi connectivity index (χ1n) is 30.5. The number of benzene rings is 9. The zero-order valence-electron chi connectivity index (χ0n) is 52.2. The van der Waals surface area contributed by atoms with Crippen molar-refractivity contribution in [3.05, 3.63) is 191 Å². The molecule has 0 amide bonds. The second-order valence-corrected chi connectivity index (χ2v) is 31.1. The number of furan rings is 1. The number of thiophene rings is 1. The number of hydrogen-bond acceptors (Lipinski definition) is 4. The Kier molecular flexibility index (Phi) is 12.0. The largest absolute Gasteiger partial charge is 0.455 e. The second kappa shape index (κ2) is 18.5. The molecular formula is C78H79BN3OS. The molecule has 14 rings (SSSR count). The molecule has 84 heavy (non-hydrogen) atoms. The number of rotatable bonds is 6. The lowest BCUT2D eigenvalue weighted by molar-refractivity contribution is 0.332. The average Bonchev–Trinajstić information content (AvgIpc) is 1.52. The van der Waals surface area contributed by atoms with Crippen molar-refractivity contribution in [2.24, 2.45) is 0 Å². The van der Waals surface area contributed by atoms with Crippen LogP contribution in [0.5, 0.6) is 0 Å². The van der Waals surface area contributed by atoms with Crippen molar-refractivity contribution < 1.29 is 4.42 Å². The van der Waals surface area contributed by atoms with Crippen LogP contribution in [0.15, 0.2) is 162 Å². The highest BCUT2D eigenvalue weighted by atomic mass is 32.1. The SMILES string of the molecule is CC(C)(C)c1ccc(Nc2cc3sc4cc5c(cc4c3cc2-c2c3c4c(c6cc(C(C)(C)C)ccc6n4-c4cc(N(c6ccc(C(C)(C)C)cc6)c6ccc(C(C)(C)C)cc6)ccc4[B]3)c3oc4ccccc4c23)C(C)(C)CCC5(C)C)cc1. The van der Waals surface area contributed by atoms with Crippen LogP contribution in [-0.4, -0.2) is 11.8 Å². The van der Waals surface area contributed by atoms with Gasteiger partial charge in [-0.3, -0.25) is 0 Å². The maximum absolute atomic E-state index is 7.43. The molecule has 4 nitrogen and oxygen atoms in total. The summed E-state index contributed by atoms with van der Waals surface area (Å²) >= 11 is 1.93. The zero-order valence-corrected chi connectivity index (χ0v) is 53.0. The van der Waals surface area contributed by atoms with Gasteiger partial charge in [0.05, 0.1) is 16.4 Å². The molecule has 1 aliphatic heterocycles. The molecule has 9 aromatic carbocycles. The van der Waals surface area contributed by atoms with Crippen molar-refractivity contribution in [3.63, 3.8) is 0 Å². The van der Waals surface area contributed by atoms with Crippen LogP contribution in [0, 0.1) is 0 Å². The van der Waals surface area contributed by atoms with Gasteiger partial charge in [0.15, 0.2) is 7.28 Å². The van der Waals surface area contributed by atoms with Gasteiger partial charge in [0.25, 0.3) is 0 Å². The van der Waals surface area contributed by atoms with Crippen molar-refractivity contribution in [1.82, 2.24) is 4.57 Å². The molecule has 0 bridgehead atoms. The number of nitrogens with one attached hydrogen (secondary N) is 1. The minimum absolute atomic E-state index is 0.0243. The third-order valence-electron chi connectivity index (χ3n) is 19.1. The van der Waals surface area contributed by atoms with Gasteiger partial charge in [0.1, 0.15) is 11.2 Å². The van der Waals surface area contributed by atoms with Crippen molar-refractivity contribution >= 4 is 122 Å². The van der Waals surface area contributed by atoms with E-state index in [-0.39, 0.29) is 32.5 Å². The van der Waals surface area contributed by atoms with E-state index in [1.54, 1.807) is 0 Å². The van der Waals surface area contributed by atoms with E-state index in [2.05, 4.69) is 291 Å². The van der Waals surface area contributed by atoms with Crippen molar-refractivity contribution in [1.29, 1.82) is 0 Å². The van der Waals surface area contributed by atoms with E-state index in [0.717, 1.165) is 83.5 Å². The van der Waals surface area contributed by atoms with Crippen LogP contribution in [0.1, 0.15) is 157 Å². The molecule has 0 fully saturated rings. The monoisotopic (exact) mass is 1120 g/mol. The maximum atomic E-state index is 7.43. The zero-order chi connectivity index (χ0) is 58.9. The molecule has 0 unspecified atom stereocenters. The highest BCUT2D eigenvalue weighted by Crippen LogP contribution is 2.53. The highest BCUT2D eigenvalue weighted by Gasteiger charge is 2.39. The van der Waals surface area contributed by atoms with Gasteiger partial charge in [-0.25, -0.2) is 0 Å². The van der Waals surface area contributed by atoms with Crippen molar-refractivity contribution in [2.45, 2.75) is 156 Å². The Morgan fingerprint density at radius 1 is 0.512 bits per heavy atom. The Labute approximate surface area is 502 Å². The van der Waals surface area contributed by atoms with Gasteiger partial charge in [-0.1, -0.05) is 183 Å². The van der Waals surface area contributed by atoms with Crippen LogP contribution in [0.25, 0.3) is 80.7 Å². The van der Waals surface area contributed by atoms with Crippen LogP contribution < -0.4 is 21.1 Å². The molecule has 0 spiro atoms. The number of anilines is 5. The Morgan fingerprint density at radius 2 is 1.05 bits per heavy atom. The van der Waals surface area contributed by atoms with Gasteiger partial charge in [0, 0.05) is 76.0 Å². The van der Waals surface area contributed by atoms with Gasteiger partial charge in [0.2, 0.25) is 0 Å². The molecule has 4 heterocycles. The van der Waals surface area contributed by atoms with Gasteiger partial charge >= 0.3 is 0 Å². The topological polar surface area (TPSA) is 33.3 Å². The Hall–Kier alpha value is -7.54. The lowest BCUT2D eigenvalue weighted by atomic mass is 9.58. The first kappa shape index (κ1) is 54.4. The van der Waals surface area contributed by atoms with Gasteiger partial charge in [-0.15, -0.1) is 11.3 Å². The summed E-state index contributed by atoms with van der Waals surface area (Å²) in [5, 5.41) is 11.3. The fourth-order valence-corrected chi connectivity index (χ4v) is 15.0. The highest BCUT2D eigenvalue weighted by molar-refractivity contribution is 7.25. The molecule has 421 valence electrons. The van der Waals surface area contributed by atoms with E-state index >= 15 is 0 Å². The third-order valence-corrected chi connectivity index (χ3v) is 20.2. The molecule has 0 saturated carbocycles. The van der Waals surface area contributed by atoms with Gasteiger partial charge < -0.3 is 19.2 Å². The first-order chi connectivity index (χ1) is 39.6. The van der Waals surface area contributed by atoms with Crippen LogP contribution in [0.2, 0.25) is 0 Å². The number of aromatic nitrogens is 1. The van der Waals surface area contributed by atoms with Crippen molar-refractivity contribution in [3.8, 4) is 16.8 Å². The molecule has 1 aliphatic carbocycles. The molecule has 2 aliphatic rings. The molecule has 3 aromatic heterocycles. The standard InChI is InChI=1S/C78H79BN3OS/c1-73(2,3)45-21-28-49(29-22-45)80-61-44-66-54(55-42-58-59(43-65(55)84-66)78(15,16)38-37-77(58,13)14)41-56(61)67-68-53-19-17-18-20-64(53)83-72(68)69-57-39-48(76(10,11)12)27-36-62(57)82-63-40-52(34-35-60(63)79-70(67)71(69)82)81(50-30-23-46(24-31-50)74(4,5)6)51-32-25-47(26-33-51)75(7,8)9/h17-36,39-44,80H,37-38H2,1-16H3. The minimum atomic E-state index is -0.0874. The summed E-state index contributed by atoms with van der Waals surface area (Å²) in [7, 11) is 2.50. The Balaban J connectivity index is 1.09. The molecule has 0 saturated heterocycles. The number of nitrogens with zero attached hydrogens (tertiary/aromatic N) is 2. The van der Waals surface area contributed by atoms with Gasteiger partial charge in [-0.2, -0.15) is 0 Å². The summed E-state index contributed by atoms with van der Waals surface area (Å²) in [6, 6.07) is 60.7. The molecular weight excluding hydrogens is 1040 g/mol. The molecule has 0 atom stereocenters. The van der Waals surface area contributed by atoms with Crippen LogP contribution in [0.3, 0.4) is 0 Å². The van der Waals surface area contributed by atoms with Gasteiger partial charge in [-0.05, 0) is 181 Å². The third kappa shape index (κ3) is 8.74. The fourth-order valence-electron chi connectivity index (χ4n) is 13.8. The normalized spacial score (nSPS) is 15.1. The minimum Gasteiger partial charge on any atom is -0.455 e. The molecule has 1 radical (unpaired) electrons. The van der Waals surface area contributed by atoms with E-state index in [4.69, 9.17) is 4.42 Å². The second-order valence-electron chi connectivity index (χ2n) is 30.1. The number of para-hydroxylation sites is 1. The Bertz CT molecular complexity index is 4610. The predicted octanol–water partition coefficient (Wildman–Crippen LogP) is 21.4. The van der Waals surface area contributed by atoms with Crippen LogP contribution in [-0.2, 0) is 32.5 Å². The van der Waals surface area contributed by atoms with E-state index in [1.165, 1.54) is 82.8 Å². The summed E-state index contributed by atoms with van der Waals surface area (Å²) < 4.78 is 12.6. The van der Waals surface area contributed by atoms with E-state index in [9.17, 15) is 0 Å². The summed E-state index contributed by atoms with van der Waals surface area (Å²) in [5.74, 6) is 0. The van der Waals surface area contributed by atoms with Crippen LogP contribution in [0.4, 0.5) is 28.4 Å². The summed E-state index contributed by atoms with van der Waals surface area (Å²) in [5.41, 5.74) is 23.8. The number of hydrogen-bond donors (Lipinski definition) is 1. The first-order valence-corrected chi connectivity index (χ1v) is 31.3. The summed E-state index contributed by atoms with van der Waals surface area (Å²) in [6.45, 7) is 37.4. The van der Waals surface area contributed by atoms with Crippen LogP contribution >= 0.6 is 11.3 Å². The average molecular weight is 1120 g/mol. The molecule has 12 aromatic rings. The fraction of sp³-hybridized carbons (Fsp3) is 0.308. The lowest BCUT2D eigenvalue weighted by Crippen LogP contribution is -2.37. The van der Waals surface area contributed by atoms with E-state index < -0.39 is 0 Å². The molecule has 6 heteroatoms. The van der Waals surface area contributed by atoms with E-state index in [1.807, 2.05) is 11.3 Å². The summed E-state index contributed by atoms with van der Waals surface area (Å²) in [4.78, 5) is 2.44. The smallest absolute Gasteiger partial charge is 0.197 e. The number of fused-ring (bicyclic) bond motifs is 13. The Morgan fingerprint density at radius 3 is 1.65 bits per heavy atom. The van der Waals surface area contributed by atoms with E-state index in [0.29, 0.717) is 0 Å². The van der Waals surface area contributed by atoms with Crippen molar-refractivity contribution in [2.75, 3.05) is 10.2 Å². The molecule has 1 N–H and O–H groups in total. The quantitative estimate of drug-likeness (QED) is 0.169. The predicted molar refractivity (Wildman–Crippen MR) is 366 cm³/mol. The maximum Gasteiger partial charge on any atom is 0.197 e. The lowest BCUT2D eigenvalue weighted by Gasteiger charge is -2.41. The summed E-state index contributed by atoms with van der Waals surface area (Å²) in [6.07, 6.45) is 2.35.